The van der Waals surface area contributed by atoms with E-state index in [1.54, 1.807) is 18.5 Å². The number of aromatic nitrogens is 3. The van der Waals surface area contributed by atoms with Crippen molar-refractivity contribution in [2.75, 3.05) is 5.73 Å². The first-order valence-electron chi connectivity index (χ1n) is 3.07. The Morgan fingerprint density at radius 1 is 1.55 bits per heavy atom. The lowest BCUT2D eigenvalue weighted by Crippen LogP contribution is -1.75. The second kappa shape index (κ2) is 2.12. The first-order chi connectivity index (χ1) is 5.36. The third-order valence-corrected chi connectivity index (χ3v) is 1.32. The Labute approximate surface area is 62.2 Å². The summed E-state index contributed by atoms with van der Waals surface area (Å²) in [5.74, 6) is 0.307. The molecule has 2 rings (SSSR count). The van der Waals surface area contributed by atoms with Gasteiger partial charge in [0.05, 0.1) is 6.20 Å². The number of rotatable bonds is 1. The van der Waals surface area contributed by atoms with Crippen LogP contribution in [0.4, 0.5) is 5.88 Å². The predicted molar refractivity (Wildman–Crippen MR) is 38.5 cm³/mol. The van der Waals surface area contributed by atoms with Gasteiger partial charge in [-0.3, -0.25) is 5.10 Å². The molecule has 0 saturated heterocycles. The highest BCUT2D eigenvalue weighted by Crippen LogP contribution is 2.17. The molecule has 56 valence electrons. The maximum Gasteiger partial charge on any atom is 0.222 e. The number of hydrogen-bond acceptors (Lipinski definition) is 4. The Balaban J connectivity index is 2.45. The zero-order valence-corrected chi connectivity index (χ0v) is 5.61. The van der Waals surface area contributed by atoms with E-state index in [4.69, 9.17) is 5.73 Å². The van der Waals surface area contributed by atoms with Gasteiger partial charge in [-0.2, -0.15) is 5.10 Å². The number of hydrogen-bond donors (Lipinski definition) is 2. The molecular weight excluding hydrogens is 144 g/mol. The first-order valence-corrected chi connectivity index (χ1v) is 3.07. The summed E-state index contributed by atoms with van der Waals surface area (Å²) in [7, 11) is 0. The maximum atomic E-state index is 5.32. The highest BCUT2D eigenvalue weighted by molar-refractivity contribution is 5.58. The van der Waals surface area contributed by atoms with E-state index in [0.29, 0.717) is 11.6 Å². The monoisotopic (exact) mass is 150 g/mol. The smallest absolute Gasteiger partial charge is 0.222 e. The highest BCUT2D eigenvalue weighted by atomic mass is 16.5. The summed E-state index contributed by atoms with van der Waals surface area (Å²) < 4.78 is 4.67. The molecule has 2 aromatic rings. The van der Waals surface area contributed by atoms with Crippen LogP contribution in [0.25, 0.3) is 11.3 Å². The predicted octanol–water partition coefficient (Wildman–Crippen LogP) is 0.647. The van der Waals surface area contributed by atoms with E-state index in [0.717, 1.165) is 5.56 Å². The van der Waals surface area contributed by atoms with Crippen LogP contribution in [-0.2, 0) is 0 Å². The number of nitrogen functional groups attached to an aromatic ring is 1. The molecule has 11 heavy (non-hydrogen) atoms. The van der Waals surface area contributed by atoms with Crippen molar-refractivity contribution in [3.8, 4) is 11.3 Å². The molecule has 0 saturated carbocycles. The van der Waals surface area contributed by atoms with E-state index in [1.807, 2.05) is 0 Å². The van der Waals surface area contributed by atoms with Crippen LogP contribution in [0.1, 0.15) is 0 Å². The van der Waals surface area contributed by atoms with Gasteiger partial charge in [-0.1, -0.05) is 5.16 Å². The van der Waals surface area contributed by atoms with E-state index in [-0.39, 0.29) is 0 Å². The Bertz CT molecular complexity index is 337. The molecule has 0 unspecified atom stereocenters. The zero-order valence-electron chi connectivity index (χ0n) is 5.61. The number of nitrogens with two attached hydrogens (primary N) is 1. The van der Waals surface area contributed by atoms with Gasteiger partial charge >= 0.3 is 0 Å². The van der Waals surface area contributed by atoms with Crippen LogP contribution in [0.3, 0.4) is 0 Å². The number of anilines is 1. The standard InChI is InChI=1S/C6H6N4O/c7-6-1-5(10-11-6)4-2-8-9-3-4/h1-3H,7H2,(H,8,9). The summed E-state index contributed by atoms with van der Waals surface area (Å²) in [5, 5.41) is 10.1. The van der Waals surface area contributed by atoms with Gasteiger partial charge in [-0.05, 0) is 0 Å². The normalized spacial score (nSPS) is 10.2. The number of nitrogens with zero attached hydrogens (tertiary/aromatic N) is 2. The fourth-order valence-corrected chi connectivity index (χ4v) is 0.816. The molecule has 0 aliphatic carbocycles. The molecule has 0 aliphatic rings. The van der Waals surface area contributed by atoms with E-state index in [1.165, 1.54) is 0 Å². The van der Waals surface area contributed by atoms with Crippen molar-refractivity contribution in [1.82, 2.24) is 15.4 Å². The van der Waals surface area contributed by atoms with Gasteiger partial charge in [0.25, 0.3) is 0 Å². The van der Waals surface area contributed by atoms with Gasteiger partial charge in [-0.25, -0.2) is 0 Å². The van der Waals surface area contributed by atoms with Gasteiger partial charge in [-0.15, -0.1) is 0 Å². The Kier molecular flexibility index (Phi) is 1.15. The van der Waals surface area contributed by atoms with Crippen LogP contribution in [0, 0.1) is 0 Å². The third-order valence-electron chi connectivity index (χ3n) is 1.32. The lowest BCUT2D eigenvalue weighted by Gasteiger charge is -1.80. The highest BCUT2D eigenvalue weighted by Gasteiger charge is 2.03. The second-order valence-corrected chi connectivity index (χ2v) is 2.10. The second-order valence-electron chi connectivity index (χ2n) is 2.10. The van der Waals surface area contributed by atoms with E-state index >= 15 is 0 Å². The van der Waals surface area contributed by atoms with Gasteiger partial charge in [0, 0.05) is 17.8 Å². The van der Waals surface area contributed by atoms with Crippen molar-refractivity contribution < 1.29 is 4.52 Å². The molecule has 2 aromatic heterocycles. The molecule has 0 bridgehead atoms. The van der Waals surface area contributed by atoms with Crippen LogP contribution in [0.5, 0.6) is 0 Å². The minimum Gasteiger partial charge on any atom is -0.368 e. The van der Waals surface area contributed by atoms with Crippen molar-refractivity contribution in [3.05, 3.63) is 18.5 Å². The quantitative estimate of drug-likeness (QED) is 0.625. The van der Waals surface area contributed by atoms with Crippen LogP contribution in [0.2, 0.25) is 0 Å². The van der Waals surface area contributed by atoms with Crippen molar-refractivity contribution in [3.63, 3.8) is 0 Å². The molecule has 3 N–H and O–H groups in total. The molecule has 0 fully saturated rings. The average Bonchev–Trinajstić information content (AvgIpc) is 2.55. The fourth-order valence-electron chi connectivity index (χ4n) is 0.816. The molecule has 0 amide bonds. The van der Waals surface area contributed by atoms with E-state index in [2.05, 4.69) is 19.9 Å². The lowest BCUT2D eigenvalue weighted by atomic mass is 10.3. The summed E-state index contributed by atoms with van der Waals surface area (Å²) in [6, 6.07) is 1.64. The van der Waals surface area contributed by atoms with Crippen LogP contribution >= 0.6 is 0 Å². The van der Waals surface area contributed by atoms with Crippen molar-refractivity contribution >= 4 is 5.88 Å². The Morgan fingerprint density at radius 3 is 3.00 bits per heavy atom. The number of H-pyrrole nitrogens is 1. The largest absolute Gasteiger partial charge is 0.368 e. The van der Waals surface area contributed by atoms with Crippen LogP contribution in [0.15, 0.2) is 23.0 Å². The van der Waals surface area contributed by atoms with Crippen LogP contribution < -0.4 is 5.73 Å². The van der Waals surface area contributed by atoms with Crippen LogP contribution in [-0.4, -0.2) is 15.4 Å². The number of aromatic amines is 1. The van der Waals surface area contributed by atoms with Crippen molar-refractivity contribution in [2.45, 2.75) is 0 Å². The van der Waals surface area contributed by atoms with Gasteiger partial charge < -0.3 is 10.3 Å². The molecule has 0 atom stereocenters. The molecular formula is C6H6N4O. The summed E-state index contributed by atoms with van der Waals surface area (Å²) in [5.41, 5.74) is 6.88. The van der Waals surface area contributed by atoms with Gasteiger partial charge in [0.15, 0.2) is 0 Å². The van der Waals surface area contributed by atoms with Crippen molar-refractivity contribution in [1.29, 1.82) is 0 Å². The topological polar surface area (TPSA) is 80.7 Å². The summed E-state index contributed by atoms with van der Waals surface area (Å²) in [6.45, 7) is 0. The summed E-state index contributed by atoms with van der Waals surface area (Å²) in [6.07, 6.45) is 3.37. The van der Waals surface area contributed by atoms with Gasteiger partial charge in [0.2, 0.25) is 5.88 Å². The molecule has 0 spiro atoms. The summed E-state index contributed by atoms with van der Waals surface area (Å²) >= 11 is 0. The molecule has 0 radical (unpaired) electrons. The van der Waals surface area contributed by atoms with Gasteiger partial charge in [0.1, 0.15) is 5.69 Å². The Hall–Kier alpha value is -1.78. The van der Waals surface area contributed by atoms with E-state index < -0.39 is 0 Å². The maximum absolute atomic E-state index is 5.32. The third kappa shape index (κ3) is 0.958. The molecule has 5 nitrogen and oxygen atoms in total. The average molecular weight is 150 g/mol. The fraction of sp³-hybridized carbons (Fsp3) is 0. The zero-order chi connectivity index (χ0) is 7.68. The lowest BCUT2D eigenvalue weighted by molar-refractivity contribution is 0.439. The SMILES string of the molecule is Nc1cc(-c2cn[nH]c2)no1. The minimum absolute atomic E-state index is 0.307. The molecule has 0 aromatic carbocycles. The molecule has 0 aliphatic heterocycles. The van der Waals surface area contributed by atoms with Crippen molar-refractivity contribution in [2.24, 2.45) is 0 Å². The molecule has 2 heterocycles. The Morgan fingerprint density at radius 2 is 2.45 bits per heavy atom. The summed E-state index contributed by atoms with van der Waals surface area (Å²) in [4.78, 5) is 0. The molecule has 5 heteroatoms. The van der Waals surface area contributed by atoms with E-state index in [9.17, 15) is 0 Å². The number of nitrogens with one attached hydrogen (secondary N) is 1. The minimum atomic E-state index is 0.307. The first kappa shape index (κ1) is 5.96.